The largest absolute Gasteiger partial charge is 0.289 e. The average molecular weight is 210 g/mol. The van der Waals surface area contributed by atoms with Crippen molar-refractivity contribution in [3.8, 4) is 11.8 Å². The smallest absolute Gasteiger partial charge is 0.289 e. The maximum Gasteiger partial charge on any atom is 0.289 e. The predicted molar refractivity (Wildman–Crippen MR) is 51.0 cm³/mol. The molecule has 0 amide bonds. The number of benzene rings is 1. The molecule has 4 nitrogen and oxygen atoms in total. The number of hydrogen-bond donors (Lipinski definition) is 0. The molecule has 0 aromatic heterocycles. The Hall–Kier alpha value is -1.86. The first-order valence-electron chi connectivity index (χ1n) is 3.54. The number of carbonyl (C=O) groups is 1. The van der Waals surface area contributed by atoms with Gasteiger partial charge in [0, 0.05) is 11.6 Å². The van der Waals surface area contributed by atoms with E-state index in [1.807, 2.05) is 0 Å². The summed E-state index contributed by atoms with van der Waals surface area (Å²) in [5, 5.41) is 10.5. The lowest BCUT2D eigenvalue weighted by Gasteiger charge is -1.94. The van der Waals surface area contributed by atoms with Gasteiger partial charge >= 0.3 is 0 Å². The van der Waals surface area contributed by atoms with Crippen LogP contribution in [0, 0.1) is 22.0 Å². The van der Waals surface area contributed by atoms with Crippen LogP contribution in [0.2, 0.25) is 5.02 Å². The molecule has 5 heteroatoms. The molecule has 0 aliphatic carbocycles. The molecule has 0 N–H and O–H groups in total. The van der Waals surface area contributed by atoms with Gasteiger partial charge in [0.25, 0.3) is 5.69 Å². The highest BCUT2D eigenvalue weighted by Crippen LogP contribution is 2.24. The van der Waals surface area contributed by atoms with Crippen LogP contribution in [0.3, 0.4) is 0 Å². The molecule has 0 heterocycles. The third-order valence-corrected chi connectivity index (χ3v) is 1.74. The maximum absolute atomic E-state index is 10.5. The van der Waals surface area contributed by atoms with Gasteiger partial charge in [-0.15, -0.1) is 0 Å². The average Bonchev–Trinajstić information content (AvgIpc) is 2.16. The number of nitro groups is 1. The fraction of sp³-hybridized carbons (Fsp3) is 0. The third-order valence-electron chi connectivity index (χ3n) is 1.42. The molecule has 0 unspecified atom stereocenters. The van der Waals surface area contributed by atoms with E-state index in [0.717, 1.165) is 0 Å². The van der Waals surface area contributed by atoms with E-state index < -0.39 is 4.92 Å². The first-order valence-corrected chi connectivity index (χ1v) is 3.92. The van der Waals surface area contributed by atoms with E-state index in [1.54, 1.807) is 0 Å². The molecule has 0 radical (unpaired) electrons. The summed E-state index contributed by atoms with van der Waals surface area (Å²) >= 11 is 5.57. The molecule has 70 valence electrons. The lowest BCUT2D eigenvalue weighted by molar-refractivity contribution is -0.384. The Bertz CT molecular complexity index is 445. The van der Waals surface area contributed by atoms with E-state index in [1.165, 1.54) is 18.2 Å². The fourth-order valence-corrected chi connectivity index (χ4v) is 1.03. The number of aldehydes is 1. The first kappa shape index (κ1) is 10.2. The van der Waals surface area contributed by atoms with E-state index >= 15 is 0 Å². The number of rotatable bonds is 1. The second-order valence-electron chi connectivity index (χ2n) is 2.31. The number of hydrogen-bond acceptors (Lipinski definition) is 3. The van der Waals surface area contributed by atoms with Gasteiger partial charge < -0.3 is 0 Å². The van der Waals surface area contributed by atoms with Crippen molar-refractivity contribution < 1.29 is 9.72 Å². The zero-order valence-corrected chi connectivity index (χ0v) is 7.62. The molecule has 0 saturated heterocycles. The van der Waals surface area contributed by atoms with Crippen LogP contribution in [0.4, 0.5) is 5.69 Å². The summed E-state index contributed by atoms with van der Waals surface area (Å²) in [5.74, 6) is 4.59. The van der Waals surface area contributed by atoms with Gasteiger partial charge in [0.05, 0.1) is 4.92 Å². The van der Waals surface area contributed by atoms with Crippen molar-refractivity contribution in [1.29, 1.82) is 0 Å². The van der Waals surface area contributed by atoms with Gasteiger partial charge in [-0.3, -0.25) is 14.9 Å². The maximum atomic E-state index is 10.5. The van der Waals surface area contributed by atoms with Crippen molar-refractivity contribution in [3.63, 3.8) is 0 Å². The lowest BCUT2D eigenvalue weighted by Crippen LogP contribution is -1.89. The van der Waals surface area contributed by atoms with Gasteiger partial charge in [0.1, 0.15) is 5.02 Å². The Morgan fingerprint density at radius 2 is 2.21 bits per heavy atom. The summed E-state index contributed by atoms with van der Waals surface area (Å²) in [6.07, 6.45) is 0.417. The predicted octanol–water partition coefficient (Wildman–Crippen LogP) is 1.80. The minimum atomic E-state index is -0.603. The van der Waals surface area contributed by atoms with Gasteiger partial charge in [-0.05, 0) is 18.1 Å². The van der Waals surface area contributed by atoms with Crippen molar-refractivity contribution in [2.45, 2.75) is 0 Å². The molecule has 0 bridgehead atoms. The van der Waals surface area contributed by atoms with Crippen molar-refractivity contribution >= 4 is 23.6 Å². The zero-order valence-electron chi connectivity index (χ0n) is 6.86. The van der Waals surface area contributed by atoms with Gasteiger partial charge in [-0.25, -0.2) is 0 Å². The number of nitro benzene ring substituents is 1. The topological polar surface area (TPSA) is 60.2 Å². The highest BCUT2D eigenvalue weighted by atomic mass is 35.5. The van der Waals surface area contributed by atoms with E-state index in [4.69, 9.17) is 11.6 Å². The van der Waals surface area contributed by atoms with Gasteiger partial charge in [-0.2, -0.15) is 0 Å². The van der Waals surface area contributed by atoms with Crippen LogP contribution in [0.1, 0.15) is 5.56 Å². The second kappa shape index (κ2) is 4.40. The molecule has 0 spiro atoms. The van der Waals surface area contributed by atoms with Crippen molar-refractivity contribution in [2.24, 2.45) is 0 Å². The molecular weight excluding hydrogens is 206 g/mol. The molecule has 14 heavy (non-hydrogen) atoms. The highest BCUT2D eigenvalue weighted by molar-refractivity contribution is 6.32. The second-order valence-corrected chi connectivity index (χ2v) is 2.72. The van der Waals surface area contributed by atoms with Crippen molar-refractivity contribution in [1.82, 2.24) is 0 Å². The Kier molecular flexibility index (Phi) is 3.21. The standard InChI is InChI=1S/C9H4ClNO3/c10-8-4-3-7(2-1-5-12)6-9(8)11(13)14/h3-6H. The van der Waals surface area contributed by atoms with E-state index in [9.17, 15) is 14.9 Å². The van der Waals surface area contributed by atoms with Gasteiger partial charge in [0.2, 0.25) is 0 Å². The SMILES string of the molecule is O=CC#Cc1ccc(Cl)c([N+](=O)[O-])c1. The van der Waals surface area contributed by atoms with Crippen LogP contribution in [0.5, 0.6) is 0 Å². The monoisotopic (exact) mass is 209 g/mol. The fourth-order valence-electron chi connectivity index (χ4n) is 0.843. The summed E-state index contributed by atoms with van der Waals surface area (Å²) in [5.41, 5.74) is 0.164. The number of nitrogens with zero attached hydrogens (tertiary/aromatic N) is 1. The molecule has 0 saturated carbocycles. The van der Waals surface area contributed by atoms with E-state index in [2.05, 4.69) is 11.8 Å². The van der Waals surface area contributed by atoms with Crippen LogP contribution in [0.15, 0.2) is 18.2 Å². The van der Waals surface area contributed by atoms with Crippen LogP contribution < -0.4 is 0 Å². The van der Waals surface area contributed by atoms with Crippen molar-refractivity contribution in [2.75, 3.05) is 0 Å². The Morgan fingerprint density at radius 3 is 2.79 bits per heavy atom. The lowest BCUT2D eigenvalue weighted by atomic mass is 10.2. The molecule has 1 rings (SSSR count). The summed E-state index contributed by atoms with van der Waals surface area (Å²) in [7, 11) is 0. The molecule has 0 aliphatic heterocycles. The quantitative estimate of drug-likeness (QED) is 0.307. The number of carbonyl (C=O) groups excluding carboxylic acids is 1. The Labute approximate surface area is 84.6 Å². The van der Waals surface area contributed by atoms with Crippen LogP contribution in [0.25, 0.3) is 0 Å². The molecule has 0 fully saturated rings. The molecular formula is C9H4ClNO3. The van der Waals surface area contributed by atoms with Gasteiger partial charge in [-0.1, -0.05) is 17.5 Å². The van der Waals surface area contributed by atoms with Gasteiger partial charge in [0.15, 0.2) is 6.29 Å². The van der Waals surface area contributed by atoms with E-state index in [-0.39, 0.29) is 10.7 Å². The minimum Gasteiger partial charge on any atom is -0.289 e. The summed E-state index contributed by atoms with van der Waals surface area (Å²) in [6, 6.07) is 4.10. The normalized spacial score (nSPS) is 8.64. The van der Waals surface area contributed by atoms with Crippen LogP contribution in [-0.2, 0) is 4.79 Å². The van der Waals surface area contributed by atoms with Crippen molar-refractivity contribution in [3.05, 3.63) is 38.9 Å². The first-order chi connectivity index (χ1) is 6.65. The molecule has 1 aromatic rings. The third kappa shape index (κ3) is 2.31. The molecule has 0 aliphatic rings. The van der Waals surface area contributed by atoms with E-state index in [0.29, 0.717) is 11.8 Å². The summed E-state index contributed by atoms with van der Waals surface area (Å²) < 4.78 is 0. The highest BCUT2D eigenvalue weighted by Gasteiger charge is 2.11. The zero-order chi connectivity index (χ0) is 10.6. The number of halogens is 1. The summed E-state index contributed by atoms with van der Waals surface area (Å²) in [4.78, 5) is 19.8. The summed E-state index contributed by atoms with van der Waals surface area (Å²) in [6.45, 7) is 0. The Morgan fingerprint density at radius 1 is 1.50 bits per heavy atom. The Balaban J connectivity index is 3.19. The van der Waals surface area contributed by atoms with Crippen LogP contribution in [-0.4, -0.2) is 11.2 Å². The molecule has 0 atom stereocenters. The minimum absolute atomic E-state index is 0.0478. The van der Waals surface area contributed by atoms with Crippen LogP contribution >= 0.6 is 11.6 Å². The molecule has 1 aromatic carbocycles.